The van der Waals surface area contributed by atoms with Gasteiger partial charge in [-0.2, -0.15) is 0 Å². The third-order valence-corrected chi connectivity index (χ3v) is 3.09. The van der Waals surface area contributed by atoms with E-state index in [0.717, 1.165) is 5.69 Å². The molecule has 6 nitrogen and oxygen atoms in total. The van der Waals surface area contributed by atoms with Crippen LogP contribution in [0.1, 0.15) is 19.0 Å². The number of hydrogen-bond acceptors (Lipinski definition) is 4. The standard InChI is InChI=1S/C11H17N3O3S/c1-3-14(5-4-10(15)16)11(17)13(2)6-9-7-18-8-12-9/h7-8H,3-6H2,1-2H3,(H,15,16). The summed E-state index contributed by atoms with van der Waals surface area (Å²) < 4.78 is 0. The lowest BCUT2D eigenvalue weighted by Gasteiger charge is -2.26. The molecule has 1 aromatic heterocycles. The molecule has 1 rings (SSSR count). The molecule has 0 radical (unpaired) electrons. The highest BCUT2D eigenvalue weighted by Gasteiger charge is 2.17. The maximum absolute atomic E-state index is 12.0. The average molecular weight is 271 g/mol. The first-order valence-corrected chi connectivity index (χ1v) is 6.57. The van der Waals surface area contributed by atoms with Crippen molar-refractivity contribution in [3.05, 3.63) is 16.6 Å². The van der Waals surface area contributed by atoms with Gasteiger partial charge in [0.05, 0.1) is 24.2 Å². The minimum Gasteiger partial charge on any atom is -0.481 e. The predicted molar refractivity (Wildman–Crippen MR) is 68.5 cm³/mol. The highest BCUT2D eigenvalue weighted by Crippen LogP contribution is 2.06. The van der Waals surface area contributed by atoms with E-state index < -0.39 is 5.97 Å². The van der Waals surface area contributed by atoms with Gasteiger partial charge in [-0.25, -0.2) is 9.78 Å². The van der Waals surface area contributed by atoms with Crippen molar-refractivity contribution < 1.29 is 14.7 Å². The molecule has 0 aromatic carbocycles. The van der Waals surface area contributed by atoms with E-state index in [1.54, 1.807) is 17.5 Å². The van der Waals surface area contributed by atoms with Gasteiger partial charge >= 0.3 is 12.0 Å². The van der Waals surface area contributed by atoms with Crippen molar-refractivity contribution in [2.24, 2.45) is 0 Å². The Morgan fingerprint density at radius 3 is 2.72 bits per heavy atom. The van der Waals surface area contributed by atoms with Crippen molar-refractivity contribution in [3.63, 3.8) is 0 Å². The highest BCUT2D eigenvalue weighted by molar-refractivity contribution is 7.07. The number of aromatic nitrogens is 1. The van der Waals surface area contributed by atoms with Crippen LogP contribution in [0.25, 0.3) is 0 Å². The first-order chi connectivity index (χ1) is 8.54. The van der Waals surface area contributed by atoms with Gasteiger partial charge in [-0.15, -0.1) is 11.3 Å². The number of carboxylic acids is 1. The molecule has 0 aliphatic carbocycles. The fourth-order valence-electron chi connectivity index (χ4n) is 1.49. The Kier molecular flexibility index (Phi) is 5.57. The Morgan fingerprint density at radius 1 is 1.50 bits per heavy atom. The van der Waals surface area contributed by atoms with Crippen LogP contribution in [0.2, 0.25) is 0 Å². The Balaban J connectivity index is 2.51. The van der Waals surface area contributed by atoms with Crippen LogP contribution in [0.5, 0.6) is 0 Å². The van der Waals surface area contributed by atoms with E-state index in [-0.39, 0.29) is 19.0 Å². The molecule has 0 bridgehead atoms. The summed E-state index contributed by atoms with van der Waals surface area (Å²) in [5.41, 5.74) is 2.56. The number of aliphatic carboxylic acids is 1. The van der Waals surface area contributed by atoms with Crippen LogP contribution in [0.15, 0.2) is 10.9 Å². The van der Waals surface area contributed by atoms with Gasteiger partial charge in [0.1, 0.15) is 0 Å². The zero-order valence-corrected chi connectivity index (χ0v) is 11.3. The number of amides is 2. The molecule has 100 valence electrons. The lowest BCUT2D eigenvalue weighted by molar-refractivity contribution is -0.137. The number of rotatable bonds is 6. The van der Waals surface area contributed by atoms with E-state index in [9.17, 15) is 9.59 Å². The maximum Gasteiger partial charge on any atom is 0.320 e. The lowest BCUT2D eigenvalue weighted by Crippen LogP contribution is -2.41. The predicted octanol–water partition coefficient (Wildman–Crippen LogP) is 1.49. The van der Waals surface area contributed by atoms with Gasteiger partial charge in [-0.05, 0) is 6.92 Å². The number of urea groups is 1. The summed E-state index contributed by atoms with van der Waals surface area (Å²) in [5, 5.41) is 10.5. The molecule has 0 spiro atoms. The summed E-state index contributed by atoms with van der Waals surface area (Å²) in [6.45, 7) is 2.99. The van der Waals surface area contributed by atoms with E-state index in [0.29, 0.717) is 13.1 Å². The molecular weight excluding hydrogens is 254 g/mol. The molecule has 0 unspecified atom stereocenters. The summed E-state index contributed by atoms with van der Waals surface area (Å²) in [6.07, 6.45) is -0.0376. The van der Waals surface area contributed by atoms with Crippen molar-refractivity contribution in [3.8, 4) is 0 Å². The van der Waals surface area contributed by atoms with Crippen molar-refractivity contribution in [1.29, 1.82) is 0 Å². The molecule has 1 aromatic rings. The molecule has 18 heavy (non-hydrogen) atoms. The Hall–Kier alpha value is -1.63. The zero-order chi connectivity index (χ0) is 13.5. The molecule has 2 amide bonds. The normalized spacial score (nSPS) is 10.1. The minimum atomic E-state index is -0.900. The van der Waals surface area contributed by atoms with Gasteiger partial charge in [0, 0.05) is 25.5 Å². The van der Waals surface area contributed by atoms with Gasteiger partial charge < -0.3 is 14.9 Å². The Bertz CT molecular complexity index is 394. The maximum atomic E-state index is 12.0. The first kappa shape index (κ1) is 14.4. The monoisotopic (exact) mass is 271 g/mol. The molecule has 1 heterocycles. The molecule has 0 aliphatic heterocycles. The van der Waals surface area contributed by atoms with Gasteiger partial charge in [0.25, 0.3) is 0 Å². The van der Waals surface area contributed by atoms with Crippen LogP contribution in [0.4, 0.5) is 4.79 Å². The van der Waals surface area contributed by atoms with E-state index in [4.69, 9.17) is 5.11 Å². The average Bonchev–Trinajstić information content (AvgIpc) is 2.81. The topological polar surface area (TPSA) is 73.7 Å². The number of nitrogens with zero attached hydrogens (tertiary/aromatic N) is 3. The summed E-state index contributed by atoms with van der Waals surface area (Å²) in [4.78, 5) is 29.7. The van der Waals surface area contributed by atoms with E-state index in [1.165, 1.54) is 16.2 Å². The van der Waals surface area contributed by atoms with Crippen molar-refractivity contribution >= 4 is 23.3 Å². The fourth-order valence-corrected chi connectivity index (χ4v) is 2.04. The molecule has 0 fully saturated rings. The second-order valence-electron chi connectivity index (χ2n) is 3.84. The molecular formula is C11H17N3O3S. The molecule has 0 atom stereocenters. The van der Waals surface area contributed by atoms with Crippen LogP contribution >= 0.6 is 11.3 Å². The van der Waals surface area contributed by atoms with Gasteiger partial charge in [0.15, 0.2) is 0 Å². The number of thiazole rings is 1. The number of carboxylic acid groups (broad SMARTS) is 1. The number of carbonyl (C=O) groups is 2. The van der Waals surface area contributed by atoms with Gasteiger partial charge in [0.2, 0.25) is 0 Å². The first-order valence-electron chi connectivity index (χ1n) is 5.63. The van der Waals surface area contributed by atoms with E-state index in [1.807, 2.05) is 12.3 Å². The van der Waals surface area contributed by atoms with Crippen LogP contribution in [0, 0.1) is 0 Å². The van der Waals surface area contributed by atoms with Crippen LogP contribution in [0.3, 0.4) is 0 Å². The summed E-state index contributed by atoms with van der Waals surface area (Å²) >= 11 is 1.48. The van der Waals surface area contributed by atoms with Crippen molar-refractivity contribution in [2.75, 3.05) is 20.1 Å². The summed E-state index contributed by atoms with van der Waals surface area (Å²) in [7, 11) is 1.69. The molecule has 0 saturated heterocycles. The summed E-state index contributed by atoms with van der Waals surface area (Å²) in [5.74, 6) is -0.900. The highest BCUT2D eigenvalue weighted by atomic mass is 32.1. The second kappa shape index (κ2) is 6.95. The lowest BCUT2D eigenvalue weighted by atomic mass is 10.4. The minimum absolute atomic E-state index is 0.0376. The van der Waals surface area contributed by atoms with Crippen LogP contribution < -0.4 is 0 Å². The molecule has 1 N–H and O–H groups in total. The SMILES string of the molecule is CCN(CCC(=O)O)C(=O)N(C)Cc1cscn1. The van der Waals surface area contributed by atoms with Crippen molar-refractivity contribution in [2.45, 2.75) is 19.9 Å². The Morgan fingerprint density at radius 2 is 2.22 bits per heavy atom. The number of carbonyl (C=O) groups excluding carboxylic acids is 1. The Labute approximate surface area is 110 Å². The third kappa shape index (κ3) is 4.33. The largest absolute Gasteiger partial charge is 0.481 e. The van der Waals surface area contributed by atoms with Crippen LogP contribution in [-0.4, -0.2) is 52.0 Å². The zero-order valence-electron chi connectivity index (χ0n) is 10.5. The quantitative estimate of drug-likeness (QED) is 0.850. The fraction of sp³-hybridized carbons (Fsp3) is 0.545. The number of hydrogen-bond donors (Lipinski definition) is 1. The van der Waals surface area contributed by atoms with Crippen LogP contribution in [-0.2, 0) is 11.3 Å². The van der Waals surface area contributed by atoms with E-state index in [2.05, 4.69) is 4.98 Å². The van der Waals surface area contributed by atoms with Gasteiger partial charge in [-0.1, -0.05) is 0 Å². The molecule has 0 aliphatic rings. The third-order valence-electron chi connectivity index (χ3n) is 2.46. The second-order valence-corrected chi connectivity index (χ2v) is 4.56. The molecule has 7 heteroatoms. The summed E-state index contributed by atoms with van der Waals surface area (Å²) in [6, 6.07) is -0.174. The molecule has 0 saturated carbocycles. The van der Waals surface area contributed by atoms with Crippen molar-refractivity contribution in [1.82, 2.24) is 14.8 Å². The van der Waals surface area contributed by atoms with Gasteiger partial charge in [-0.3, -0.25) is 4.79 Å². The van der Waals surface area contributed by atoms with E-state index >= 15 is 0 Å². The smallest absolute Gasteiger partial charge is 0.320 e.